The fourth-order valence-electron chi connectivity index (χ4n) is 3.68. The predicted octanol–water partition coefficient (Wildman–Crippen LogP) is 3.21. The lowest BCUT2D eigenvalue weighted by molar-refractivity contribution is -0.143. The summed E-state index contributed by atoms with van der Waals surface area (Å²) in [6.45, 7) is 10.5. The number of hydrogen-bond acceptors (Lipinski definition) is 3. The summed E-state index contributed by atoms with van der Waals surface area (Å²) in [5.74, 6) is -1.02. The van der Waals surface area contributed by atoms with Gasteiger partial charge in [-0.2, -0.15) is 0 Å². The molecule has 1 heterocycles. The zero-order valence-electron chi connectivity index (χ0n) is 16.5. The molecule has 3 rings (SSSR count). The van der Waals surface area contributed by atoms with Crippen molar-refractivity contribution in [2.75, 3.05) is 36.4 Å². The van der Waals surface area contributed by atoms with E-state index in [0.29, 0.717) is 13.1 Å². The van der Waals surface area contributed by atoms with Crippen LogP contribution < -0.4 is 10.2 Å². The van der Waals surface area contributed by atoms with E-state index < -0.39 is 11.8 Å². The molecule has 2 amide bonds. The second kappa shape index (κ2) is 7.82. The molecular formula is C22H27N3O2. The van der Waals surface area contributed by atoms with E-state index in [1.807, 2.05) is 39.0 Å². The van der Waals surface area contributed by atoms with Crippen molar-refractivity contribution >= 4 is 23.2 Å². The summed E-state index contributed by atoms with van der Waals surface area (Å²) in [6, 6.07) is 12.4. The Morgan fingerprint density at radius 2 is 1.48 bits per heavy atom. The SMILES string of the molecule is Cc1cccc(N2CCN(C(=O)C(=O)Nc3c(C)cc(C)cc3C)CC2)c1. The van der Waals surface area contributed by atoms with Gasteiger partial charge in [0, 0.05) is 37.6 Å². The highest BCUT2D eigenvalue weighted by molar-refractivity contribution is 6.39. The van der Waals surface area contributed by atoms with E-state index in [2.05, 4.69) is 35.3 Å². The number of hydrogen-bond donors (Lipinski definition) is 1. The van der Waals surface area contributed by atoms with Crippen LogP contribution >= 0.6 is 0 Å². The summed E-state index contributed by atoms with van der Waals surface area (Å²) >= 11 is 0. The van der Waals surface area contributed by atoms with Crippen LogP contribution in [0.4, 0.5) is 11.4 Å². The van der Waals surface area contributed by atoms with Gasteiger partial charge in [0.15, 0.2) is 0 Å². The number of carbonyl (C=O) groups excluding carboxylic acids is 2. The minimum atomic E-state index is -0.561. The van der Waals surface area contributed by atoms with Gasteiger partial charge in [-0.15, -0.1) is 0 Å². The second-order valence-corrected chi connectivity index (χ2v) is 7.35. The van der Waals surface area contributed by atoms with E-state index in [0.717, 1.165) is 41.2 Å². The molecule has 0 unspecified atom stereocenters. The van der Waals surface area contributed by atoms with Crippen LogP contribution in [0.25, 0.3) is 0 Å². The Hall–Kier alpha value is -2.82. The quantitative estimate of drug-likeness (QED) is 0.832. The minimum absolute atomic E-state index is 0.460. The molecule has 27 heavy (non-hydrogen) atoms. The van der Waals surface area contributed by atoms with Crippen LogP contribution in [0, 0.1) is 27.7 Å². The number of piperazine rings is 1. The summed E-state index contributed by atoms with van der Waals surface area (Å²) in [5, 5.41) is 2.81. The zero-order chi connectivity index (χ0) is 19.6. The molecule has 1 saturated heterocycles. The van der Waals surface area contributed by atoms with E-state index >= 15 is 0 Å². The van der Waals surface area contributed by atoms with Gasteiger partial charge >= 0.3 is 11.8 Å². The molecule has 142 valence electrons. The second-order valence-electron chi connectivity index (χ2n) is 7.35. The fourth-order valence-corrected chi connectivity index (χ4v) is 3.68. The highest BCUT2D eigenvalue weighted by Crippen LogP contribution is 2.22. The number of carbonyl (C=O) groups is 2. The van der Waals surface area contributed by atoms with Gasteiger partial charge in [-0.25, -0.2) is 0 Å². The minimum Gasteiger partial charge on any atom is -0.368 e. The lowest BCUT2D eigenvalue weighted by Crippen LogP contribution is -2.51. The number of aryl methyl sites for hydroxylation is 4. The zero-order valence-corrected chi connectivity index (χ0v) is 16.5. The maximum atomic E-state index is 12.6. The highest BCUT2D eigenvalue weighted by Gasteiger charge is 2.26. The van der Waals surface area contributed by atoms with Crippen molar-refractivity contribution in [2.45, 2.75) is 27.7 Å². The lowest BCUT2D eigenvalue weighted by Gasteiger charge is -2.35. The van der Waals surface area contributed by atoms with Crippen molar-refractivity contribution in [3.63, 3.8) is 0 Å². The van der Waals surface area contributed by atoms with Crippen molar-refractivity contribution in [3.05, 3.63) is 58.7 Å². The molecule has 0 aromatic heterocycles. The average molecular weight is 365 g/mol. The number of benzene rings is 2. The van der Waals surface area contributed by atoms with Gasteiger partial charge in [0.1, 0.15) is 0 Å². The van der Waals surface area contributed by atoms with Crippen molar-refractivity contribution in [3.8, 4) is 0 Å². The number of anilines is 2. The molecule has 5 heteroatoms. The Kier molecular flexibility index (Phi) is 5.49. The third-order valence-electron chi connectivity index (χ3n) is 5.04. The molecule has 0 bridgehead atoms. The van der Waals surface area contributed by atoms with Crippen LogP contribution in [0.15, 0.2) is 36.4 Å². The van der Waals surface area contributed by atoms with E-state index in [-0.39, 0.29) is 0 Å². The first kappa shape index (κ1) is 19.0. The third-order valence-corrected chi connectivity index (χ3v) is 5.04. The van der Waals surface area contributed by atoms with Crippen molar-refractivity contribution in [1.82, 2.24) is 4.90 Å². The number of amides is 2. The summed E-state index contributed by atoms with van der Waals surface area (Å²) in [6.07, 6.45) is 0. The smallest absolute Gasteiger partial charge is 0.313 e. The first-order chi connectivity index (χ1) is 12.8. The molecular weight excluding hydrogens is 338 g/mol. The molecule has 0 atom stereocenters. The molecule has 1 N–H and O–H groups in total. The topological polar surface area (TPSA) is 52.7 Å². The normalized spacial score (nSPS) is 14.2. The van der Waals surface area contributed by atoms with E-state index in [1.54, 1.807) is 4.90 Å². The Morgan fingerprint density at radius 3 is 2.07 bits per heavy atom. The number of nitrogens with one attached hydrogen (secondary N) is 1. The summed E-state index contributed by atoms with van der Waals surface area (Å²) in [5.41, 5.74) is 6.20. The van der Waals surface area contributed by atoms with Crippen molar-refractivity contribution in [1.29, 1.82) is 0 Å². The Bertz CT molecular complexity index is 845. The molecule has 1 aliphatic rings. The average Bonchev–Trinajstić information content (AvgIpc) is 2.64. The molecule has 1 fully saturated rings. The third kappa shape index (κ3) is 4.30. The van der Waals surface area contributed by atoms with E-state index in [4.69, 9.17) is 0 Å². The molecule has 0 aliphatic carbocycles. The lowest BCUT2D eigenvalue weighted by atomic mass is 10.1. The van der Waals surface area contributed by atoms with Crippen LogP contribution in [0.5, 0.6) is 0 Å². The van der Waals surface area contributed by atoms with E-state index in [1.165, 1.54) is 5.56 Å². The molecule has 0 saturated carbocycles. The summed E-state index contributed by atoms with van der Waals surface area (Å²) < 4.78 is 0. The molecule has 0 radical (unpaired) electrons. The van der Waals surface area contributed by atoms with Crippen LogP contribution in [-0.2, 0) is 9.59 Å². The van der Waals surface area contributed by atoms with Gasteiger partial charge < -0.3 is 15.1 Å². The van der Waals surface area contributed by atoms with Crippen LogP contribution in [0.1, 0.15) is 22.3 Å². The summed E-state index contributed by atoms with van der Waals surface area (Å²) in [4.78, 5) is 29.0. The molecule has 5 nitrogen and oxygen atoms in total. The van der Waals surface area contributed by atoms with Gasteiger partial charge in [-0.3, -0.25) is 9.59 Å². The monoisotopic (exact) mass is 365 g/mol. The van der Waals surface area contributed by atoms with Gasteiger partial charge in [-0.1, -0.05) is 29.8 Å². The molecule has 1 aliphatic heterocycles. The molecule has 2 aromatic carbocycles. The Morgan fingerprint density at radius 1 is 0.852 bits per heavy atom. The molecule has 2 aromatic rings. The van der Waals surface area contributed by atoms with Crippen molar-refractivity contribution in [2.24, 2.45) is 0 Å². The molecule has 0 spiro atoms. The predicted molar refractivity (Wildman–Crippen MR) is 109 cm³/mol. The highest BCUT2D eigenvalue weighted by atomic mass is 16.2. The first-order valence-electron chi connectivity index (χ1n) is 9.35. The fraction of sp³-hybridized carbons (Fsp3) is 0.364. The Balaban J connectivity index is 1.61. The van der Waals surface area contributed by atoms with Gasteiger partial charge in [0.05, 0.1) is 0 Å². The number of rotatable bonds is 2. The van der Waals surface area contributed by atoms with Gasteiger partial charge in [0.25, 0.3) is 0 Å². The maximum Gasteiger partial charge on any atom is 0.313 e. The Labute approximate surface area is 161 Å². The van der Waals surface area contributed by atoms with Crippen LogP contribution in [0.2, 0.25) is 0 Å². The maximum absolute atomic E-state index is 12.6. The summed E-state index contributed by atoms with van der Waals surface area (Å²) in [7, 11) is 0. The standard InChI is InChI=1S/C22H27N3O2/c1-15-6-5-7-19(14-15)24-8-10-25(11-9-24)22(27)21(26)23-20-17(3)12-16(2)13-18(20)4/h5-7,12-14H,8-11H2,1-4H3,(H,23,26). The van der Waals surface area contributed by atoms with E-state index in [9.17, 15) is 9.59 Å². The number of nitrogens with zero attached hydrogens (tertiary/aromatic N) is 2. The van der Waals surface area contributed by atoms with Crippen LogP contribution in [0.3, 0.4) is 0 Å². The van der Waals surface area contributed by atoms with Crippen molar-refractivity contribution < 1.29 is 9.59 Å². The van der Waals surface area contributed by atoms with Gasteiger partial charge in [0.2, 0.25) is 0 Å². The van der Waals surface area contributed by atoms with Gasteiger partial charge in [-0.05, 0) is 56.5 Å². The van der Waals surface area contributed by atoms with Crippen LogP contribution in [-0.4, -0.2) is 42.9 Å². The largest absolute Gasteiger partial charge is 0.368 e. The first-order valence-corrected chi connectivity index (χ1v) is 9.35.